The van der Waals surface area contributed by atoms with E-state index in [-0.39, 0.29) is 22.0 Å². The largest absolute Gasteiger partial charge is 0.269 e. The van der Waals surface area contributed by atoms with Gasteiger partial charge in [-0.05, 0) is 56.7 Å². The van der Waals surface area contributed by atoms with Crippen molar-refractivity contribution < 1.29 is 9.85 Å². The molecule has 0 heterocycles. The Balaban J connectivity index is 1.75. The summed E-state index contributed by atoms with van der Waals surface area (Å²) in [7, 11) is 0. The van der Waals surface area contributed by atoms with Gasteiger partial charge in [0.2, 0.25) is 5.54 Å². The number of benzene rings is 3. The Morgan fingerprint density at radius 3 is 2.03 bits per heavy atom. The van der Waals surface area contributed by atoms with Crippen LogP contribution in [0.15, 0.2) is 84.5 Å². The molecule has 0 fully saturated rings. The summed E-state index contributed by atoms with van der Waals surface area (Å²) in [5, 5.41) is 24.5. The second-order valence-electron chi connectivity index (χ2n) is 10.7. The quantitative estimate of drug-likeness (QED) is 0.312. The lowest BCUT2D eigenvalue weighted by Crippen LogP contribution is -2.50. The lowest BCUT2D eigenvalue weighted by atomic mass is 9.61. The maximum absolute atomic E-state index is 12.7. The predicted molar refractivity (Wildman–Crippen MR) is 135 cm³/mol. The average Bonchev–Trinajstić information content (AvgIpc) is 3.29. The number of hydrogen-bond acceptors (Lipinski definition) is 4. The van der Waals surface area contributed by atoms with Crippen LogP contribution in [0.3, 0.4) is 0 Å². The highest BCUT2D eigenvalue weighted by atomic mass is 16.6. The van der Waals surface area contributed by atoms with Crippen LogP contribution < -0.4 is 0 Å². The molecule has 1 spiro atoms. The third kappa shape index (κ3) is 2.49. The van der Waals surface area contributed by atoms with Crippen molar-refractivity contribution >= 4 is 11.3 Å². The Hall–Kier alpha value is -4.06. The number of allylic oxidation sites excluding steroid dienone is 2. The van der Waals surface area contributed by atoms with E-state index in [1.54, 1.807) is 18.2 Å². The molecule has 35 heavy (non-hydrogen) atoms. The highest BCUT2D eigenvalue weighted by Gasteiger charge is 2.61. The van der Waals surface area contributed by atoms with Crippen molar-refractivity contribution in [2.45, 2.75) is 38.1 Å². The van der Waals surface area contributed by atoms with Gasteiger partial charge in [0.1, 0.15) is 0 Å². The van der Waals surface area contributed by atoms with Gasteiger partial charge in [0.05, 0.1) is 10.3 Å². The van der Waals surface area contributed by atoms with E-state index in [0.717, 1.165) is 44.5 Å². The van der Waals surface area contributed by atoms with Crippen molar-refractivity contribution in [3.05, 3.63) is 127 Å². The molecule has 3 aromatic carbocycles. The smallest absolute Gasteiger partial charge is 0.264 e. The SMILES string of the molecule is CC(C)(C)C1([N+](=O)[O-])C=CC2=C(C1)C1(c3ccccc32)c2ccccc2-c2ccc([N+](=O)[O-])cc21. The van der Waals surface area contributed by atoms with Gasteiger partial charge in [-0.15, -0.1) is 0 Å². The number of rotatable bonds is 2. The first-order chi connectivity index (χ1) is 16.6. The monoisotopic (exact) mass is 464 g/mol. The van der Waals surface area contributed by atoms with Gasteiger partial charge in [0, 0.05) is 28.9 Å². The van der Waals surface area contributed by atoms with Crippen LogP contribution in [-0.2, 0) is 5.41 Å². The third-order valence-corrected chi connectivity index (χ3v) is 8.23. The number of non-ortho nitro benzene ring substituents is 1. The second-order valence-corrected chi connectivity index (χ2v) is 10.7. The molecule has 0 saturated heterocycles. The van der Waals surface area contributed by atoms with Gasteiger partial charge >= 0.3 is 0 Å². The Labute approximate surface area is 202 Å². The highest BCUT2D eigenvalue weighted by molar-refractivity contribution is 5.97. The van der Waals surface area contributed by atoms with Crippen molar-refractivity contribution in [3.63, 3.8) is 0 Å². The Morgan fingerprint density at radius 2 is 1.40 bits per heavy atom. The minimum absolute atomic E-state index is 0.0187. The van der Waals surface area contributed by atoms with Gasteiger partial charge < -0.3 is 0 Å². The van der Waals surface area contributed by atoms with Gasteiger partial charge in [-0.25, -0.2) is 0 Å². The van der Waals surface area contributed by atoms with Gasteiger partial charge in [0.15, 0.2) is 0 Å². The Morgan fingerprint density at radius 1 is 0.800 bits per heavy atom. The topological polar surface area (TPSA) is 86.3 Å². The molecule has 3 aromatic rings. The van der Waals surface area contributed by atoms with E-state index >= 15 is 0 Å². The lowest BCUT2D eigenvalue weighted by Gasteiger charge is -2.41. The minimum atomic E-state index is -1.31. The van der Waals surface area contributed by atoms with E-state index in [4.69, 9.17) is 0 Å². The number of nitrogens with zero attached hydrogens (tertiary/aromatic N) is 2. The van der Waals surface area contributed by atoms with Crippen LogP contribution in [0.4, 0.5) is 5.69 Å². The van der Waals surface area contributed by atoms with Crippen molar-refractivity contribution in [1.29, 1.82) is 0 Å². The summed E-state index contributed by atoms with van der Waals surface area (Å²) in [6, 6.07) is 21.2. The molecule has 2 atom stereocenters. The molecule has 174 valence electrons. The van der Waals surface area contributed by atoms with E-state index in [0.29, 0.717) is 0 Å². The first-order valence-corrected chi connectivity index (χ1v) is 11.7. The summed E-state index contributed by atoms with van der Waals surface area (Å²) in [4.78, 5) is 24.0. The summed E-state index contributed by atoms with van der Waals surface area (Å²) in [6.07, 6.45) is 3.90. The fourth-order valence-electron chi connectivity index (χ4n) is 6.45. The second kappa shape index (κ2) is 6.75. The standard InChI is InChI=1S/C29H24N2O4/c1-27(2,3)28(31(34)35)15-14-22-20-9-5-7-11-24(20)29(26(22)17-28)23-10-6-4-8-19(23)21-13-12-18(30(32)33)16-25(21)29/h4-16H,17H2,1-3H3. The zero-order valence-electron chi connectivity index (χ0n) is 19.7. The van der Waals surface area contributed by atoms with Crippen molar-refractivity contribution in [2.75, 3.05) is 0 Å². The van der Waals surface area contributed by atoms with E-state index in [1.165, 1.54) is 0 Å². The number of nitro benzene ring substituents is 1. The van der Waals surface area contributed by atoms with E-state index < -0.39 is 16.4 Å². The van der Waals surface area contributed by atoms with Crippen LogP contribution in [0.1, 0.15) is 49.4 Å². The number of nitro groups is 2. The molecular formula is C29H24N2O4. The predicted octanol–water partition coefficient (Wildman–Crippen LogP) is 6.70. The Kier molecular flexibility index (Phi) is 4.14. The first-order valence-electron chi connectivity index (χ1n) is 11.7. The lowest BCUT2D eigenvalue weighted by molar-refractivity contribution is -0.574. The van der Waals surface area contributed by atoms with Crippen LogP contribution in [0.25, 0.3) is 16.7 Å². The Bertz CT molecular complexity index is 1530. The van der Waals surface area contributed by atoms with Crippen molar-refractivity contribution in [3.8, 4) is 11.1 Å². The zero-order valence-corrected chi connectivity index (χ0v) is 19.7. The molecule has 0 aliphatic heterocycles. The molecule has 0 bridgehead atoms. The summed E-state index contributed by atoms with van der Waals surface area (Å²) >= 11 is 0. The van der Waals surface area contributed by atoms with Gasteiger partial charge in [0.25, 0.3) is 5.69 Å². The first kappa shape index (κ1) is 21.5. The molecule has 0 aromatic heterocycles. The van der Waals surface area contributed by atoms with Crippen molar-refractivity contribution in [2.24, 2.45) is 5.41 Å². The third-order valence-electron chi connectivity index (χ3n) is 8.23. The number of fused-ring (bicyclic) bond motifs is 9. The maximum atomic E-state index is 12.7. The molecule has 2 unspecified atom stereocenters. The summed E-state index contributed by atoms with van der Waals surface area (Å²) in [5.41, 5.74) is 5.02. The normalized spacial score (nSPS) is 23.6. The summed E-state index contributed by atoms with van der Waals surface area (Å²) in [6.45, 7) is 5.71. The summed E-state index contributed by atoms with van der Waals surface area (Å²) < 4.78 is 0. The molecule has 0 saturated carbocycles. The van der Waals surface area contributed by atoms with Crippen LogP contribution >= 0.6 is 0 Å². The molecule has 6 heteroatoms. The molecule has 6 rings (SSSR count). The maximum Gasteiger partial charge on any atom is 0.269 e. The van der Waals surface area contributed by atoms with Crippen LogP contribution in [-0.4, -0.2) is 15.4 Å². The van der Waals surface area contributed by atoms with Crippen LogP contribution in [0.2, 0.25) is 0 Å². The van der Waals surface area contributed by atoms with E-state index in [2.05, 4.69) is 18.2 Å². The van der Waals surface area contributed by atoms with E-state index in [9.17, 15) is 20.2 Å². The highest BCUT2D eigenvalue weighted by Crippen LogP contribution is 2.65. The molecule has 3 aliphatic carbocycles. The van der Waals surface area contributed by atoms with Gasteiger partial charge in [-0.1, -0.05) is 75.4 Å². The fourth-order valence-corrected chi connectivity index (χ4v) is 6.45. The molecular weight excluding hydrogens is 440 g/mol. The van der Waals surface area contributed by atoms with Crippen molar-refractivity contribution in [1.82, 2.24) is 0 Å². The number of hydrogen-bond donors (Lipinski definition) is 0. The molecule has 3 aliphatic rings. The zero-order chi connectivity index (χ0) is 24.8. The van der Waals surface area contributed by atoms with E-state index in [1.807, 2.05) is 63.2 Å². The average molecular weight is 465 g/mol. The molecule has 6 nitrogen and oxygen atoms in total. The van der Waals surface area contributed by atoms with Gasteiger partial charge in [-0.2, -0.15) is 0 Å². The summed E-state index contributed by atoms with van der Waals surface area (Å²) in [5.74, 6) is 0. The van der Waals surface area contributed by atoms with Crippen LogP contribution in [0, 0.1) is 25.6 Å². The molecule has 0 amide bonds. The molecule has 0 radical (unpaired) electrons. The fraction of sp³-hybridized carbons (Fsp3) is 0.241. The van der Waals surface area contributed by atoms with Gasteiger partial charge in [-0.3, -0.25) is 20.2 Å². The molecule has 0 N–H and O–H groups in total. The minimum Gasteiger partial charge on any atom is -0.264 e. The van der Waals surface area contributed by atoms with Crippen LogP contribution in [0.5, 0.6) is 0 Å².